The Bertz CT molecular complexity index is 1000. The van der Waals surface area contributed by atoms with Crippen LogP contribution in [0.2, 0.25) is 0 Å². The molecule has 2 aromatic carbocycles. The van der Waals surface area contributed by atoms with Gasteiger partial charge in [-0.25, -0.2) is 13.6 Å². The molecule has 1 unspecified atom stereocenters. The maximum Gasteiger partial charge on any atom is 0.252 e. The Labute approximate surface area is 151 Å². The van der Waals surface area contributed by atoms with E-state index < -0.39 is 22.0 Å². The van der Waals surface area contributed by atoms with Crippen molar-refractivity contribution in [1.29, 1.82) is 0 Å². The lowest BCUT2D eigenvalue weighted by atomic mass is 10.00. The van der Waals surface area contributed by atoms with Crippen molar-refractivity contribution >= 4 is 33.2 Å². The Kier molecular flexibility index (Phi) is 4.62. The minimum absolute atomic E-state index is 0.145. The molecule has 0 saturated heterocycles. The van der Waals surface area contributed by atoms with Crippen LogP contribution in [-0.4, -0.2) is 20.2 Å². The van der Waals surface area contributed by atoms with Crippen molar-refractivity contribution in [1.82, 2.24) is 0 Å². The fourth-order valence-corrected chi connectivity index (χ4v) is 3.40. The minimum Gasteiger partial charge on any atom is -0.322 e. The third-order valence-corrected chi connectivity index (χ3v) is 4.89. The summed E-state index contributed by atoms with van der Waals surface area (Å²) in [5.74, 6) is -0.825. The molecule has 134 valence electrons. The molecule has 8 heteroatoms. The molecular weight excluding hydrogens is 354 g/mol. The van der Waals surface area contributed by atoms with E-state index in [1.165, 1.54) is 29.2 Å². The van der Waals surface area contributed by atoms with Crippen molar-refractivity contribution in [3.63, 3.8) is 0 Å². The van der Waals surface area contributed by atoms with Gasteiger partial charge in [0.25, 0.3) is 11.8 Å². The normalized spacial score (nSPS) is 17.1. The summed E-state index contributed by atoms with van der Waals surface area (Å²) in [6.07, 6.45) is 2.93. The van der Waals surface area contributed by atoms with Crippen molar-refractivity contribution in [3.05, 3.63) is 66.2 Å². The third-order valence-electron chi connectivity index (χ3n) is 3.98. The predicted molar refractivity (Wildman–Crippen MR) is 97.9 cm³/mol. The number of nitrogens with one attached hydrogen (secondary N) is 1. The number of carbonyl (C=O) groups is 2. The van der Waals surface area contributed by atoms with E-state index in [1.54, 1.807) is 37.3 Å². The number of nitrogens with two attached hydrogens (primary N) is 1. The average molecular weight is 371 g/mol. The summed E-state index contributed by atoms with van der Waals surface area (Å²) in [6.45, 7) is 1.70. The van der Waals surface area contributed by atoms with Crippen LogP contribution in [0.25, 0.3) is 0 Å². The molecule has 0 aromatic heterocycles. The lowest BCUT2D eigenvalue weighted by Gasteiger charge is -2.36. The summed E-state index contributed by atoms with van der Waals surface area (Å²) >= 11 is 0. The zero-order valence-electron chi connectivity index (χ0n) is 13.9. The van der Waals surface area contributed by atoms with Gasteiger partial charge in [-0.3, -0.25) is 14.5 Å². The summed E-state index contributed by atoms with van der Waals surface area (Å²) in [5, 5.41) is 7.82. The Balaban J connectivity index is 2.19. The molecule has 0 spiro atoms. The number of allylic oxidation sites excluding steroid dienone is 1. The topological polar surface area (TPSA) is 110 Å². The van der Waals surface area contributed by atoms with Crippen molar-refractivity contribution < 1.29 is 18.0 Å². The van der Waals surface area contributed by atoms with E-state index in [9.17, 15) is 18.0 Å². The van der Waals surface area contributed by atoms with E-state index in [4.69, 9.17) is 5.14 Å². The van der Waals surface area contributed by atoms with Crippen LogP contribution in [0.1, 0.15) is 18.5 Å². The Morgan fingerprint density at radius 3 is 2.50 bits per heavy atom. The summed E-state index contributed by atoms with van der Waals surface area (Å²) in [7, 11) is -3.94. The first-order chi connectivity index (χ1) is 12.3. The molecule has 7 nitrogen and oxygen atoms in total. The molecule has 0 fully saturated rings. The van der Waals surface area contributed by atoms with Crippen LogP contribution in [0.4, 0.5) is 11.4 Å². The average Bonchev–Trinajstić information content (AvgIpc) is 2.60. The maximum absolute atomic E-state index is 12.7. The van der Waals surface area contributed by atoms with Gasteiger partial charge in [0.2, 0.25) is 10.0 Å². The standard InChI is InChI=1S/C18H17N3O4S/c1-2-6-16(22)21-15-10-9-13(26(19,24)25)11-14(15)20-18(23)17(21)12-7-4-3-5-8-12/h2-11,17H,1H3,(H,20,23)(H2,19,24,25)/b6-2+. The second kappa shape index (κ2) is 6.74. The van der Waals surface area contributed by atoms with Crippen molar-refractivity contribution in [2.24, 2.45) is 5.14 Å². The molecular formula is C18H17N3O4S. The van der Waals surface area contributed by atoms with Gasteiger partial charge in [-0.05, 0) is 36.8 Å². The Morgan fingerprint density at radius 1 is 1.19 bits per heavy atom. The molecule has 1 heterocycles. The zero-order chi connectivity index (χ0) is 18.9. The molecule has 0 radical (unpaired) electrons. The largest absolute Gasteiger partial charge is 0.322 e. The van der Waals surface area contributed by atoms with Crippen molar-refractivity contribution in [2.45, 2.75) is 17.9 Å². The van der Waals surface area contributed by atoms with Crippen LogP contribution in [0, 0.1) is 0 Å². The molecule has 3 N–H and O–H groups in total. The van der Waals surface area contributed by atoms with Gasteiger partial charge in [0.1, 0.15) is 6.04 Å². The van der Waals surface area contributed by atoms with Crippen LogP contribution in [-0.2, 0) is 19.6 Å². The number of primary sulfonamides is 1. The highest BCUT2D eigenvalue weighted by Crippen LogP contribution is 2.39. The molecule has 0 aliphatic carbocycles. The lowest BCUT2D eigenvalue weighted by molar-refractivity contribution is -0.122. The summed E-state index contributed by atoms with van der Waals surface area (Å²) in [4.78, 5) is 26.6. The third kappa shape index (κ3) is 3.24. The summed E-state index contributed by atoms with van der Waals surface area (Å²) in [6, 6.07) is 12.0. The minimum atomic E-state index is -3.94. The maximum atomic E-state index is 12.7. The predicted octanol–water partition coefficient (Wildman–Crippen LogP) is 1.94. The number of anilines is 2. The van der Waals surface area contributed by atoms with Gasteiger partial charge in [-0.2, -0.15) is 0 Å². The van der Waals surface area contributed by atoms with E-state index >= 15 is 0 Å². The number of rotatable bonds is 3. The van der Waals surface area contributed by atoms with E-state index in [-0.39, 0.29) is 16.5 Å². The number of nitrogens with zero attached hydrogens (tertiary/aromatic N) is 1. The van der Waals surface area contributed by atoms with Crippen LogP contribution in [0.5, 0.6) is 0 Å². The quantitative estimate of drug-likeness (QED) is 0.803. The smallest absolute Gasteiger partial charge is 0.252 e. The first-order valence-corrected chi connectivity index (χ1v) is 9.36. The van der Waals surface area contributed by atoms with Gasteiger partial charge in [0.15, 0.2) is 0 Å². The molecule has 1 aliphatic rings. The highest BCUT2D eigenvalue weighted by molar-refractivity contribution is 7.89. The van der Waals surface area contributed by atoms with E-state index in [2.05, 4.69) is 5.32 Å². The van der Waals surface area contributed by atoms with Gasteiger partial charge in [-0.15, -0.1) is 0 Å². The molecule has 2 aromatic rings. The fraction of sp³-hybridized carbons (Fsp3) is 0.111. The van der Waals surface area contributed by atoms with Crippen molar-refractivity contribution in [3.8, 4) is 0 Å². The van der Waals surface area contributed by atoms with Crippen LogP contribution in [0.3, 0.4) is 0 Å². The monoisotopic (exact) mass is 371 g/mol. The van der Waals surface area contributed by atoms with Crippen LogP contribution < -0.4 is 15.4 Å². The number of carbonyl (C=O) groups excluding carboxylic acids is 2. The first-order valence-electron chi connectivity index (χ1n) is 7.81. The van der Waals surface area contributed by atoms with Gasteiger partial charge < -0.3 is 5.32 Å². The number of fused-ring (bicyclic) bond motifs is 1. The summed E-state index contributed by atoms with van der Waals surface area (Å²) < 4.78 is 23.2. The number of hydrogen-bond donors (Lipinski definition) is 2. The molecule has 26 heavy (non-hydrogen) atoms. The number of hydrogen-bond acceptors (Lipinski definition) is 4. The summed E-state index contributed by atoms with van der Waals surface area (Å²) in [5.41, 5.74) is 1.25. The van der Waals surface area contributed by atoms with E-state index in [0.717, 1.165) is 0 Å². The second-order valence-electron chi connectivity index (χ2n) is 5.73. The molecule has 3 rings (SSSR count). The van der Waals surface area contributed by atoms with Gasteiger partial charge in [0, 0.05) is 0 Å². The molecule has 0 bridgehead atoms. The number of sulfonamides is 1. The number of amides is 2. The van der Waals surface area contributed by atoms with Crippen LogP contribution in [0.15, 0.2) is 65.6 Å². The number of benzene rings is 2. The van der Waals surface area contributed by atoms with Gasteiger partial charge in [-0.1, -0.05) is 36.4 Å². The highest BCUT2D eigenvalue weighted by atomic mass is 32.2. The fourth-order valence-electron chi connectivity index (χ4n) is 2.86. The molecule has 1 aliphatic heterocycles. The SMILES string of the molecule is C/C=C/C(=O)N1c2ccc(S(N)(=O)=O)cc2NC(=O)C1c1ccccc1. The highest BCUT2D eigenvalue weighted by Gasteiger charge is 2.37. The molecule has 0 saturated carbocycles. The first kappa shape index (κ1) is 17.8. The van der Waals surface area contributed by atoms with E-state index in [0.29, 0.717) is 11.3 Å². The van der Waals surface area contributed by atoms with Crippen LogP contribution >= 0.6 is 0 Å². The molecule has 1 atom stereocenters. The van der Waals surface area contributed by atoms with Gasteiger partial charge >= 0.3 is 0 Å². The lowest BCUT2D eigenvalue weighted by Crippen LogP contribution is -2.44. The Hall–Kier alpha value is -2.97. The molecule has 2 amide bonds. The van der Waals surface area contributed by atoms with Gasteiger partial charge in [0.05, 0.1) is 16.3 Å². The Morgan fingerprint density at radius 2 is 1.88 bits per heavy atom. The van der Waals surface area contributed by atoms with Crippen molar-refractivity contribution in [2.75, 3.05) is 10.2 Å². The second-order valence-corrected chi connectivity index (χ2v) is 7.30. The zero-order valence-corrected chi connectivity index (χ0v) is 14.7. The van der Waals surface area contributed by atoms with E-state index in [1.807, 2.05) is 6.07 Å².